The molecule has 42 heavy (non-hydrogen) atoms. The van der Waals surface area contributed by atoms with E-state index in [9.17, 15) is 13.2 Å². The molecule has 3 aromatic rings. The van der Waals surface area contributed by atoms with Crippen molar-refractivity contribution in [2.24, 2.45) is 0 Å². The molecule has 5 rings (SSSR count). The van der Waals surface area contributed by atoms with Crippen LogP contribution in [0, 0.1) is 18.6 Å². The third-order valence-electron chi connectivity index (χ3n) is 7.34. The molecule has 1 saturated heterocycles. The van der Waals surface area contributed by atoms with E-state index in [1.54, 1.807) is 51.1 Å². The van der Waals surface area contributed by atoms with Crippen LogP contribution in [0.3, 0.4) is 0 Å². The molecular formula is C29H36F2N6O4S. The number of sulfonamides is 1. The van der Waals surface area contributed by atoms with Crippen molar-refractivity contribution >= 4 is 33.0 Å². The minimum absolute atomic E-state index is 0.0901. The van der Waals surface area contributed by atoms with E-state index >= 15 is 8.78 Å². The van der Waals surface area contributed by atoms with E-state index in [2.05, 4.69) is 25.6 Å². The average Bonchev–Trinajstić information content (AvgIpc) is 3.75. The summed E-state index contributed by atoms with van der Waals surface area (Å²) in [7, 11) is -3.23. The SMILES string of the molecule is Cc1cc(C(C)NC(=O)OC(C)(C)C)c2cc(-c3nc(NC4CCN(S(=O)(=O)C5CC5)CC4)ncc3F)cc(F)c2n1. The topological polar surface area (TPSA) is 126 Å². The number of carbonyl (C=O) groups excluding carboxylic acids is 1. The summed E-state index contributed by atoms with van der Waals surface area (Å²) in [4.78, 5) is 25.2. The summed E-state index contributed by atoms with van der Waals surface area (Å²) in [6, 6.07) is 3.86. The van der Waals surface area contributed by atoms with Gasteiger partial charge in [-0.15, -0.1) is 0 Å². The van der Waals surface area contributed by atoms with Gasteiger partial charge in [0.15, 0.2) is 5.82 Å². The van der Waals surface area contributed by atoms with Crippen LogP contribution in [-0.4, -0.2) is 63.8 Å². The van der Waals surface area contributed by atoms with Gasteiger partial charge in [-0.3, -0.25) is 4.98 Å². The highest BCUT2D eigenvalue weighted by Crippen LogP contribution is 2.34. The highest BCUT2D eigenvalue weighted by atomic mass is 32.2. The molecule has 2 N–H and O–H groups in total. The van der Waals surface area contributed by atoms with Crippen molar-refractivity contribution in [3.05, 3.63) is 47.3 Å². The first-order valence-corrected chi connectivity index (χ1v) is 15.6. The van der Waals surface area contributed by atoms with Crippen molar-refractivity contribution in [2.45, 2.75) is 83.2 Å². The lowest BCUT2D eigenvalue weighted by atomic mass is 9.98. The molecule has 226 valence electrons. The first-order chi connectivity index (χ1) is 19.7. The van der Waals surface area contributed by atoms with E-state index in [4.69, 9.17) is 4.74 Å². The number of ether oxygens (including phenoxy) is 1. The minimum atomic E-state index is -3.23. The quantitative estimate of drug-likeness (QED) is 0.376. The normalized spacial score (nSPS) is 17.7. The Morgan fingerprint density at radius 1 is 1.07 bits per heavy atom. The Hall–Kier alpha value is -3.45. The lowest BCUT2D eigenvalue weighted by molar-refractivity contribution is 0.0508. The fourth-order valence-electron chi connectivity index (χ4n) is 5.15. The summed E-state index contributed by atoms with van der Waals surface area (Å²) in [5.41, 5.74) is 0.627. The number of nitrogens with one attached hydrogen (secondary N) is 2. The van der Waals surface area contributed by atoms with Crippen LogP contribution in [0.5, 0.6) is 0 Å². The van der Waals surface area contributed by atoms with Gasteiger partial charge < -0.3 is 15.4 Å². The first kappa shape index (κ1) is 30.0. The molecule has 1 aliphatic carbocycles. The number of aromatic nitrogens is 3. The molecule has 1 saturated carbocycles. The molecule has 2 aromatic heterocycles. The third kappa shape index (κ3) is 6.62. The zero-order valence-electron chi connectivity index (χ0n) is 24.4. The van der Waals surface area contributed by atoms with Crippen LogP contribution >= 0.6 is 0 Å². The van der Waals surface area contributed by atoms with Crippen molar-refractivity contribution in [1.29, 1.82) is 0 Å². The number of benzene rings is 1. The molecule has 13 heteroatoms. The Morgan fingerprint density at radius 2 is 1.76 bits per heavy atom. The van der Waals surface area contributed by atoms with E-state index in [-0.39, 0.29) is 34.0 Å². The lowest BCUT2D eigenvalue weighted by Gasteiger charge is -2.31. The molecule has 1 unspecified atom stereocenters. The fraction of sp³-hybridized carbons (Fsp3) is 0.517. The fourth-order valence-corrected chi connectivity index (χ4v) is 7.03. The highest BCUT2D eigenvalue weighted by molar-refractivity contribution is 7.90. The van der Waals surface area contributed by atoms with Gasteiger partial charge in [-0.1, -0.05) is 0 Å². The summed E-state index contributed by atoms with van der Waals surface area (Å²) in [6.45, 7) is 9.53. The van der Waals surface area contributed by atoms with Gasteiger partial charge in [0.05, 0.1) is 17.5 Å². The van der Waals surface area contributed by atoms with Crippen LogP contribution in [0.25, 0.3) is 22.2 Å². The Kier molecular flexibility index (Phi) is 8.10. The maximum atomic E-state index is 15.4. The second-order valence-corrected chi connectivity index (χ2v) is 14.2. The summed E-state index contributed by atoms with van der Waals surface area (Å²) in [5, 5.41) is 6.11. The lowest BCUT2D eigenvalue weighted by Crippen LogP contribution is -2.43. The summed E-state index contributed by atoms with van der Waals surface area (Å²) in [5.74, 6) is -1.22. The van der Waals surface area contributed by atoms with Crippen molar-refractivity contribution in [3.8, 4) is 11.3 Å². The molecule has 1 aromatic carbocycles. The maximum absolute atomic E-state index is 15.4. The number of carbonyl (C=O) groups is 1. The van der Waals surface area contributed by atoms with E-state index in [0.29, 0.717) is 42.6 Å². The number of piperidine rings is 1. The number of amides is 1. The summed E-state index contributed by atoms with van der Waals surface area (Å²) >= 11 is 0. The average molecular weight is 603 g/mol. The Labute approximate surface area is 244 Å². The van der Waals surface area contributed by atoms with E-state index in [0.717, 1.165) is 19.0 Å². The minimum Gasteiger partial charge on any atom is -0.444 e. The second-order valence-electron chi connectivity index (χ2n) is 12.0. The molecule has 1 amide bonds. The van der Waals surface area contributed by atoms with Gasteiger partial charge in [0, 0.05) is 35.8 Å². The number of alkyl carbamates (subject to hydrolysis) is 1. The van der Waals surface area contributed by atoms with E-state index < -0.39 is 39.4 Å². The van der Waals surface area contributed by atoms with Gasteiger partial charge in [-0.05, 0) is 84.1 Å². The number of pyridine rings is 1. The molecule has 2 aliphatic rings. The number of nitrogens with zero attached hydrogens (tertiary/aromatic N) is 4. The van der Waals surface area contributed by atoms with Gasteiger partial charge in [0.1, 0.15) is 22.6 Å². The van der Waals surface area contributed by atoms with Crippen molar-refractivity contribution in [3.63, 3.8) is 0 Å². The summed E-state index contributed by atoms with van der Waals surface area (Å²) < 4.78 is 62.5. The van der Waals surface area contributed by atoms with Crippen LogP contribution in [0.2, 0.25) is 0 Å². The van der Waals surface area contributed by atoms with Crippen LogP contribution in [0.1, 0.15) is 70.7 Å². The number of aryl methyl sites for hydroxylation is 1. The molecule has 0 bridgehead atoms. The van der Waals surface area contributed by atoms with Gasteiger partial charge in [0.2, 0.25) is 16.0 Å². The summed E-state index contributed by atoms with van der Waals surface area (Å²) in [6.07, 6.45) is 2.97. The second kappa shape index (κ2) is 11.3. The number of anilines is 1. The van der Waals surface area contributed by atoms with Crippen LogP contribution in [0.15, 0.2) is 24.4 Å². The van der Waals surface area contributed by atoms with E-state index in [1.165, 1.54) is 6.07 Å². The standard InChI is InChI=1S/C29H36F2N6O4S/c1-16-12-21(17(2)34-28(38)41-29(3,4)5)22-13-18(14-23(30)26(22)33-16)25-24(31)15-32-27(36-25)35-19-8-10-37(11-9-19)42(39,40)20-6-7-20/h12-15,17,19-20H,6-11H2,1-5H3,(H,34,38)(H,32,35,36). The third-order valence-corrected chi connectivity index (χ3v) is 9.74. The number of rotatable bonds is 7. The van der Waals surface area contributed by atoms with Crippen molar-refractivity contribution in [1.82, 2.24) is 24.6 Å². The maximum Gasteiger partial charge on any atom is 0.408 e. The molecule has 10 nitrogen and oxygen atoms in total. The Bertz CT molecular complexity index is 1620. The van der Waals surface area contributed by atoms with Gasteiger partial charge in [-0.2, -0.15) is 0 Å². The van der Waals surface area contributed by atoms with Crippen LogP contribution in [-0.2, 0) is 14.8 Å². The van der Waals surface area contributed by atoms with Gasteiger partial charge in [-0.25, -0.2) is 36.3 Å². The molecule has 0 radical (unpaired) electrons. The van der Waals surface area contributed by atoms with Gasteiger partial charge in [0.25, 0.3) is 0 Å². The largest absolute Gasteiger partial charge is 0.444 e. The zero-order valence-corrected chi connectivity index (χ0v) is 25.2. The van der Waals surface area contributed by atoms with Crippen molar-refractivity contribution in [2.75, 3.05) is 18.4 Å². The highest BCUT2D eigenvalue weighted by Gasteiger charge is 2.41. The molecule has 0 spiro atoms. The van der Waals surface area contributed by atoms with Crippen molar-refractivity contribution < 1.29 is 26.7 Å². The number of hydrogen-bond donors (Lipinski definition) is 2. The first-order valence-electron chi connectivity index (χ1n) is 14.1. The predicted molar refractivity (Wildman–Crippen MR) is 155 cm³/mol. The van der Waals surface area contributed by atoms with Crippen LogP contribution in [0.4, 0.5) is 19.5 Å². The number of fused-ring (bicyclic) bond motifs is 1. The van der Waals surface area contributed by atoms with Gasteiger partial charge >= 0.3 is 6.09 Å². The number of halogens is 2. The number of hydrogen-bond acceptors (Lipinski definition) is 8. The predicted octanol–water partition coefficient (Wildman–Crippen LogP) is 5.23. The monoisotopic (exact) mass is 602 g/mol. The smallest absolute Gasteiger partial charge is 0.408 e. The molecular weight excluding hydrogens is 566 g/mol. The Morgan fingerprint density at radius 3 is 2.40 bits per heavy atom. The zero-order chi connectivity index (χ0) is 30.4. The van der Waals surface area contributed by atoms with E-state index in [1.807, 2.05) is 0 Å². The molecule has 1 aliphatic heterocycles. The molecule has 1 atom stereocenters. The Balaban J connectivity index is 1.40. The van der Waals surface area contributed by atoms with Crippen LogP contribution < -0.4 is 10.6 Å². The molecule has 2 fully saturated rings. The molecule has 3 heterocycles.